The molecule has 0 amide bonds. The van der Waals surface area contributed by atoms with Crippen molar-refractivity contribution in [1.29, 1.82) is 0 Å². The van der Waals surface area contributed by atoms with Crippen molar-refractivity contribution in [2.24, 2.45) is 0 Å². The molecule has 3 aromatic heterocycles. The highest BCUT2D eigenvalue weighted by molar-refractivity contribution is 5.81. The lowest BCUT2D eigenvalue weighted by atomic mass is 10.1. The second-order valence-corrected chi connectivity index (χ2v) is 8.11. The number of rotatable bonds is 9. The quantitative estimate of drug-likeness (QED) is 0.192. The summed E-state index contributed by atoms with van der Waals surface area (Å²) in [5, 5.41) is 0. The predicted octanol–water partition coefficient (Wildman–Crippen LogP) is 7.40. The Labute approximate surface area is 220 Å². The maximum Gasteiger partial charge on any atom is 0.285 e. The van der Waals surface area contributed by atoms with Crippen LogP contribution < -0.4 is 9.47 Å². The fraction of sp³-hybridized carbons (Fsp3) is 0.0690. The number of aromatic nitrogens is 3. The maximum absolute atomic E-state index is 13.0. The molecule has 39 heavy (non-hydrogen) atoms. The van der Waals surface area contributed by atoms with E-state index in [0.29, 0.717) is 39.7 Å². The summed E-state index contributed by atoms with van der Waals surface area (Å²) in [4.78, 5) is 13.4. The molecule has 10 heteroatoms. The Bertz CT molecular complexity index is 1710. The zero-order valence-electron chi connectivity index (χ0n) is 20.1. The lowest BCUT2D eigenvalue weighted by molar-refractivity contribution is 0.191. The molecule has 0 aliphatic rings. The number of alkyl halides is 2. The van der Waals surface area contributed by atoms with Gasteiger partial charge in [-0.25, -0.2) is 23.7 Å². The molecule has 0 N–H and O–H groups in total. The minimum atomic E-state index is -1.01. The molecule has 0 aliphatic heterocycles. The van der Waals surface area contributed by atoms with Gasteiger partial charge in [-0.1, -0.05) is 54.6 Å². The number of halogens is 2. The van der Waals surface area contributed by atoms with Crippen LogP contribution in [0.1, 0.15) is 0 Å². The average molecular weight is 526 g/mol. The van der Waals surface area contributed by atoms with E-state index in [0.717, 1.165) is 5.56 Å². The van der Waals surface area contributed by atoms with Crippen molar-refractivity contribution in [2.75, 3.05) is 13.7 Å². The zero-order valence-corrected chi connectivity index (χ0v) is 20.1. The van der Waals surface area contributed by atoms with Crippen LogP contribution in [0.4, 0.5) is 8.78 Å². The topological polar surface area (TPSA) is 96.6 Å². The SMILES string of the molecule is FCOc1cccc(-c2coc(-c3nc(-c4o[c]nc4-c4ccccc4OCF)oc3-c3ccccc3)n2)c1. The van der Waals surface area contributed by atoms with Crippen LogP contribution in [0.15, 0.2) is 98.4 Å². The van der Waals surface area contributed by atoms with E-state index in [1.54, 1.807) is 48.5 Å². The fourth-order valence-electron chi connectivity index (χ4n) is 4.06. The van der Waals surface area contributed by atoms with E-state index in [2.05, 4.69) is 21.3 Å². The molecule has 0 atom stereocenters. The van der Waals surface area contributed by atoms with Crippen LogP contribution in [0.25, 0.3) is 57.1 Å². The minimum Gasteiger partial charge on any atom is -0.463 e. The van der Waals surface area contributed by atoms with Gasteiger partial charge in [0.2, 0.25) is 25.4 Å². The lowest BCUT2D eigenvalue weighted by Crippen LogP contribution is -1.93. The van der Waals surface area contributed by atoms with Gasteiger partial charge in [0.15, 0.2) is 11.5 Å². The van der Waals surface area contributed by atoms with E-state index in [1.807, 2.05) is 30.3 Å². The molecule has 6 aromatic rings. The van der Waals surface area contributed by atoms with Crippen LogP contribution in [0.2, 0.25) is 0 Å². The van der Waals surface area contributed by atoms with Gasteiger partial charge >= 0.3 is 0 Å². The second kappa shape index (κ2) is 10.6. The lowest BCUT2D eigenvalue weighted by Gasteiger charge is -2.06. The third-order valence-electron chi connectivity index (χ3n) is 5.79. The van der Waals surface area contributed by atoms with Gasteiger partial charge in [-0.05, 0) is 24.3 Å². The van der Waals surface area contributed by atoms with E-state index < -0.39 is 13.7 Å². The normalized spacial score (nSPS) is 11.0. The van der Waals surface area contributed by atoms with Gasteiger partial charge in [0, 0.05) is 16.7 Å². The molecule has 3 aromatic carbocycles. The molecule has 0 unspecified atom stereocenters. The molecular weight excluding hydrogens is 508 g/mol. The summed E-state index contributed by atoms with van der Waals surface area (Å²) in [5.74, 6) is 1.44. The molecule has 1 radical (unpaired) electrons. The second-order valence-electron chi connectivity index (χ2n) is 8.11. The molecule has 0 saturated heterocycles. The first kappa shape index (κ1) is 24.1. The monoisotopic (exact) mass is 526 g/mol. The number of benzene rings is 3. The molecule has 0 spiro atoms. The first-order chi connectivity index (χ1) is 19.2. The molecule has 3 heterocycles. The van der Waals surface area contributed by atoms with Crippen molar-refractivity contribution in [2.45, 2.75) is 0 Å². The van der Waals surface area contributed by atoms with Gasteiger partial charge in [0.1, 0.15) is 29.2 Å². The number of oxazole rings is 3. The summed E-state index contributed by atoms with van der Waals surface area (Å²) in [7, 11) is 0. The van der Waals surface area contributed by atoms with Crippen LogP contribution in [-0.2, 0) is 0 Å². The van der Waals surface area contributed by atoms with Crippen molar-refractivity contribution in [3.05, 3.63) is 91.5 Å². The Balaban J connectivity index is 1.45. The Hall–Kier alpha value is -5.25. The van der Waals surface area contributed by atoms with E-state index in [-0.39, 0.29) is 23.3 Å². The molecule has 0 aliphatic carbocycles. The van der Waals surface area contributed by atoms with Crippen LogP contribution in [0.5, 0.6) is 11.5 Å². The summed E-state index contributed by atoms with van der Waals surface area (Å²) >= 11 is 0. The van der Waals surface area contributed by atoms with Gasteiger partial charge in [-0.15, -0.1) is 0 Å². The van der Waals surface area contributed by atoms with E-state index in [1.165, 1.54) is 6.26 Å². The predicted molar refractivity (Wildman–Crippen MR) is 136 cm³/mol. The fourth-order valence-corrected chi connectivity index (χ4v) is 4.06. The van der Waals surface area contributed by atoms with Crippen LogP contribution in [0.3, 0.4) is 0 Å². The smallest absolute Gasteiger partial charge is 0.285 e. The number of hydrogen-bond donors (Lipinski definition) is 0. The van der Waals surface area contributed by atoms with Gasteiger partial charge in [-0.3, -0.25) is 0 Å². The minimum absolute atomic E-state index is 0.0840. The first-order valence-corrected chi connectivity index (χ1v) is 11.7. The Morgan fingerprint density at radius 3 is 2.38 bits per heavy atom. The standard InChI is InChI=1S/C29H18F2N3O5/c30-15-36-20-10-6-9-19(13-20)22-14-35-28(33-22)25-26(18-7-2-1-3-8-18)39-29(34-25)27-24(32-17-38-27)21-11-4-5-12-23(21)37-16-31/h1-14H,15-16H2. The number of para-hydroxylation sites is 1. The molecule has 0 saturated carbocycles. The van der Waals surface area contributed by atoms with Crippen molar-refractivity contribution >= 4 is 0 Å². The molecule has 193 valence electrons. The van der Waals surface area contributed by atoms with Gasteiger partial charge in [-0.2, -0.15) is 0 Å². The molecule has 6 rings (SSSR count). The van der Waals surface area contributed by atoms with Crippen LogP contribution >= 0.6 is 0 Å². The van der Waals surface area contributed by atoms with E-state index in [9.17, 15) is 8.78 Å². The molecular formula is C29H18F2N3O5. The molecule has 8 nitrogen and oxygen atoms in total. The highest BCUT2D eigenvalue weighted by Crippen LogP contribution is 2.41. The third-order valence-corrected chi connectivity index (χ3v) is 5.79. The van der Waals surface area contributed by atoms with E-state index >= 15 is 0 Å². The van der Waals surface area contributed by atoms with Crippen LogP contribution in [-0.4, -0.2) is 28.7 Å². The third kappa shape index (κ3) is 4.75. The largest absolute Gasteiger partial charge is 0.463 e. The van der Waals surface area contributed by atoms with Crippen molar-refractivity contribution < 1.29 is 31.5 Å². The summed E-state index contributed by atoms with van der Waals surface area (Å²) in [6, 6.07) is 22.9. The Kier molecular flexibility index (Phi) is 6.57. The Morgan fingerprint density at radius 1 is 0.744 bits per heavy atom. The highest BCUT2D eigenvalue weighted by Gasteiger charge is 2.27. The maximum atomic E-state index is 13.0. The van der Waals surface area contributed by atoms with Crippen LogP contribution in [0, 0.1) is 6.39 Å². The number of nitrogens with zero attached hydrogens (tertiary/aromatic N) is 3. The Morgan fingerprint density at radius 2 is 1.54 bits per heavy atom. The summed E-state index contributed by atoms with van der Waals surface area (Å²) < 4.78 is 53.3. The number of hydrogen-bond acceptors (Lipinski definition) is 8. The van der Waals surface area contributed by atoms with Gasteiger partial charge in [0.25, 0.3) is 12.3 Å². The molecule has 0 fully saturated rings. The van der Waals surface area contributed by atoms with Crippen molar-refractivity contribution in [1.82, 2.24) is 15.0 Å². The summed E-state index contributed by atoms with van der Waals surface area (Å²) in [5.41, 5.74) is 2.97. The molecule has 0 bridgehead atoms. The van der Waals surface area contributed by atoms with Gasteiger partial charge in [0.05, 0.1) is 0 Å². The van der Waals surface area contributed by atoms with Crippen molar-refractivity contribution in [3.8, 4) is 68.6 Å². The van der Waals surface area contributed by atoms with Crippen molar-refractivity contribution in [3.63, 3.8) is 0 Å². The number of ether oxygens (including phenoxy) is 2. The summed E-state index contributed by atoms with van der Waals surface area (Å²) in [6.45, 7) is -1.95. The van der Waals surface area contributed by atoms with E-state index in [4.69, 9.17) is 22.7 Å². The van der Waals surface area contributed by atoms with Gasteiger partial charge < -0.3 is 22.7 Å². The highest BCUT2D eigenvalue weighted by atomic mass is 19.1. The average Bonchev–Trinajstić information content (AvgIpc) is 3.74. The zero-order chi connectivity index (χ0) is 26.6. The summed E-state index contributed by atoms with van der Waals surface area (Å²) in [6.07, 6.45) is 3.93. The first-order valence-electron chi connectivity index (χ1n) is 11.7.